The Balaban J connectivity index is 1.90. The Morgan fingerprint density at radius 3 is 2.90 bits per heavy atom. The molecular weight excluding hydrogens is 258 g/mol. The molecule has 0 unspecified atom stereocenters. The van der Waals surface area contributed by atoms with E-state index in [1.165, 1.54) is 0 Å². The number of carbonyl (C=O) groups is 1. The van der Waals surface area contributed by atoms with Gasteiger partial charge in [-0.3, -0.25) is 0 Å². The molecule has 1 aromatic carbocycles. The lowest BCUT2D eigenvalue weighted by molar-refractivity contribution is 0.0142. The van der Waals surface area contributed by atoms with Gasteiger partial charge in [0, 0.05) is 19.8 Å². The lowest BCUT2D eigenvalue weighted by atomic mass is 9.82. The zero-order chi connectivity index (χ0) is 14.2. The van der Waals surface area contributed by atoms with Crippen molar-refractivity contribution in [3.8, 4) is 0 Å². The van der Waals surface area contributed by atoms with E-state index in [-0.39, 0.29) is 11.0 Å². The molecule has 0 amide bonds. The third-order valence-corrected chi connectivity index (χ3v) is 3.99. The number of benzene rings is 1. The highest BCUT2D eigenvalue weighted by Crippen LogP contribution is 2.32. The standard InChI is InChI=1S/C14H17N3O3/c1-14(4-6-20-7-5-14)9-17-12-3-2-10(13(18)19)8-11(12)15-16-17/h2-3,8H,4-7,9H2,1H3,(H,18,19). The molecule has 106 valence electrons. The number of hydrogen-bond donors (Lipinski definition) is 1. The minimum atomic E-state index is -0.946. The minimum absolute atomic E-state index is 0.157. The highest BCUT2D eigenvalue weighted by atomic mass is 16.5. The van der Waals surface area contributed by atoms with Crippen LogP contribution in [0.3, 0.4) is 0 Å². The predicted molar refractivity (Wildman–Crippen MR) is 72.6 cm³/mol. The molecule has 1 aliphatic heterocycles. The van der Waals surface area contributed by atoms with Crippen LogP contribution >= 0.6 is 0 Å². The van der Waals surface area contributed by atoms with Crippen molar-refractivity contribution in [2.24, 2.45) is 5.41 Å². The largest absolute Gasteiger partial charge is 0.478 e. The van der Waals surface area contributed by atoms with Gasteiger partial charge in [-0.1, -0.05) is 12.1 Å². The van der Waals surface area contributed by atoms with E-state index in [1.807, 2.05) is 4.68 Å². The number of aromatic carboxylic acids is 1. The molecule has 3 rings (SSSR count). The van der Waals surface area contributed by atoms with Crippen LogP contribution in [0.5, 0.6) is 0 Å². The Labute approximate surface area is 116 Å². The summed E-state index contributed by atoms with van der Waals surface area (Å²) in [6, 6.07) is 4.94. The molecule has 6 heteroatoms. The SMILES string of the molecule is CC1(Cn2nnc3cc(C(=O)O)ccc32)CCOCC1. The van der Waals surface area contributed by atoms with E-state index < -0.39 is 5.97 Å². The molecule has 0 atom stereocenters. The molecule has 2 aromatic rings. The van der Waals surface area contributed by atoms with Crippen LogP contribution < -0.4 is 0 Å². The van der Waals surface area contributed by atoms with Gasteiger partial charge in [0.1, 0.15) is 5.52 Å². The molecule has 0 radical (unpaired) electrons. The zero-order valence-corrected chi connectivity index (χ0v) is 11.4. The first kappa shape index (κ1) is 13.1. The number of nitrogens with zero attached hydrogens (tertiary/aromatic N) is 3. The molecule has 1 aliphatic rings. The van der Waals surface area contributed by atoms with Crippen LogP contribution in [0.15, 0.2) is 18.2 Å². The van der Waals surface area contributed by atoms with Crippen LogP contribution in [-0.2, 0) is 11.3 Å². The summed E-state index contributed by atoms with van der Waals surface area (Å²) in [6.45, 7) is 4.58. The third-order valence-electron chi connectivity index (χ3n) is 3.99. The lowest BCUT2D eigenvalue weighted by Crippen LogP contribution is -2.31. The number of aromatic nitrogens is 3. The summed E-state index contributed by atoms with van der Waals surface area (Å²) in [5, 5.41) is 17.2. The molecule has 1 fully saturated rings. The van der Waals surface area contributed by atoms with Crippen molar-refractivity contribution in [3.63, 3.8) is 0 Å². The summed E-state index contributed by atoms with van der Waals surface area (Å²) in [5.41, 5.74) is 1.90. The molecule has 1 saturated heterocycles. The molecule has 1 N–H and O–H groups in total. The van der Waals surface area contributed by atoms with Crippen molar-refractivity contribution in [2.75, 3.05) is 13.2 Å². The molecule has 20 heavy (non-hydrogen) atoms. The van der Waals surface area contributed by atoms with Crippen LogP contribution in [-0.4, -0.2) is 39.3 Å². The van der Waals surface area contributed by atoms with Gasteiger partial charge in [-0.15, -0.1) is 5.10 Å². The van der Waals surface area contributed by atoms with E-state index in [9.17, 15) is 4.79 Å². The Hall–Kier alpha value is -1.95. The van der Waals surface area contributed by atoms with Gasteiger partial charge in [-0.05, 0) is 36.5 Å². The summed E-state index contributed by atoms with van der Waals surface area (Å²) in [4.78, 5) is 11.0. The molecule has 0 aliphatic carbocycles. The Morgan fingerprint density at radius 2 is 2.20 bits per heavy atom. The summed E-state index contributed by atoms with van der Waals surface area (Å²) >= 11 is 0. The molecule has 2 heterocycles. The number of carboxylic acid groups (broad SMARTS) is 1. The second kappa shape index (κ2) is 4.86. The van der Waals surface area contributed by atoms with Crippen LogP contribution in [0.2, 0.25) is 0 Å². The van der Waals surface area contributed by atoms with Crippen LogP contribution in [0, 0.1) is 5.41 Å². The van der Waals surface area contributed by atoms with Crippen molar-refractivity contribution in [2.45, 2.75) is 26.3 Å². The number of hydrogen-bond acceptors (Lipinski definition) is 4. The molecule has 0 saturated carbocycles. The second-order valence-corrected chi connectivity index (χ2v) is 5.68. The van der Waals surface area contributed by atoms with Gasteiger partial charge in [-0.2, -0.15) is 0 Å². The van der Waals surface area contributed by atoms with E-state index in [4.69, 9.17) is 9.84 Å². The number of ether oxygens (including phenoxy) is 1. The summed E-state index contributed by atoms with van der Waals surface area (Å²) in [5.74, 6) is -0.946. The lowest BCUT2D eigenvalue weighted by Gasteiger charge is -2.33. The maximum Gasteiger partial charge on any atom is 0.335 e. The maximum atomic E-state index is 11.0. The van der Waals surface area contributed by atoms with Crippen molar-refractivity contribution < 1.29 is 14.6 Å². The number of carboxylic acids is 1. The first-order valence-corrected chi connectivity index (χ1v) is 6.72. The van der Waals surface area contributed by atoms with Gasteiger partial charge < -0.3 is 9.84 Å². The van der Waals surface area contributed by atoms with Crippen LogP contribution in [0.1, 0.15) is 30.1 Å². The first-order chi connectivity index (χ1) is 9.57. The predicted octanol–water partition coefficient (Wildman–Crippen LogP) is 1.95. The molecule has 0 bridgehead atoms. The fourth-order valence-corrected chi connectivity index (χ4v) is 2.61. The van der Waals surface area contributed by atoms with Crippen molar-refractivity contribution >= 4 is 17.0 Å². The van der Waals surface area contributed by atoms with E-state index in [2.05, 4.69) is 17.2 Å². The van der Waals surface area contributed by atoms with Crippen molar-refractivity contribution in [1.82, 2.24) is 15.0 Å². The van der Waals surface area contributed by atoms with Crippen molar-refractivity contribution in [1.29, 1.82) is 0 Å². The van der Waals surface area contributed by atoms with Gasteiger partial charge >= 0.3 is 5.97 Å². The topological polar surface area (TPSA) is 77.2 Å². The van der Waals surface area contributed by atoms with E-state index >= 15 is 0 Å². The highest BCUT2D eigenvalue weighted by Gasteiger charge is 2.28. The summed E-state index contributed by atoms with van der Waals surface area (Å²) in [7, 11) is 0. The first-order valence-electron chi connectivity index (χ1n) is 6.72. The third kappa shape index (κ3) is 2.38. The van der Waals surface area contributed by atoms with Gasteiger partial charge in [-0.25, -0.2) is 9.48 Å². The van der Waals surface area contributed by atoms with Gasteiger partial charge in [0.2, 0.25) is 0 Å². The van der Waals surface area contributed by atoms with E-state index in [0.717, 1.165) is 38.1 Å². The van der Waals surface area contributed by atoms with Gasteiger partial charge in [0.05, 0.1) is 11.1 Å². The molecular formula is C14H17N3O3. The normalized spacial score (nSPS) is 18.2. The number of rotatable bonds is 3. The smallest absolute Gasteiger partial charge is 0.335 e. The van der Waals surface area contributed by atoms with Crippen LogP contribution in [0.4, 0.5) is 0 Å². The van der Waals surface area contributed by atoms with Crippen molar-refractivity contribution in [3.05, 3.63) is 23.8 Å². The van der Waals surface area contributed by atoms with Gasteiger partial charge in [0.25, 0.3) is 0 Å². The monoisotopic (exact) mass is 275 g/mol. The minimum Gasteiger partial charge on any atom is -0.478 e. The highest BCUT2D eigenvalue weighted by molar-refractivity contribution is 5.92. The van der Waals surface area contributed by atoms with E-state index in [1.54, 1.807) is 18.2 Å². The molecule has 6 nitrogen and oxygen atoms in total. The Morgan fingerprint density at radius 1 is 1.45 bits per heavy atom. The molecule has 1 aromatic heterocycles. The average molecular weight is 275 g/mol. The summed E-state index contributed by atoms with van der Waals surface area (Å²) < 4.78 is 7.27. The number of fused-ring (bicyclic) bond motifs is 1. The summed E-state index contributed by atoms with van der Waals surface area (Å²) in [6.07, 6.45) is 2.00. The second-order valence-electron chi connectivity index (χ2n) is 5.68. The Kier molecular flexibility index (Phi) is 3.17. The maximum absolute atomic E-state index is 11.0. The fraction of sp³-hybridized carbons (Fsp3) is 0.500. The Bertz CT molecular complexity index is 644. The average Bonchev–Trinajstić information content (AvgIpc) is 2.81. The fourth-order valence-electron chi connectivity index (χ4n) is 2.61. The zero-order valence-electron chi connectivity index (χ0n) is 11.4. The molecule has 0 spiro atoms. The quantitative estimate of drug-likeness (QED) is 0.926. The van der Waals surface area contributed by atoms with Gasteiger partial charge in [0.15, 0.2) is 0 Å². The van der Waals surface area contributed by atoms with Crippen LogP contribution in [0.25, 0.3) is 11.0 Å². The van der Waals surface area contributed by atoms with E-state index in [0.29, 0.717) is 5.52 Å².